The molecule has 3 aliphatic rings. The van der Waals surface area contributed by atoms with Crippen LogP contribution in [0.3, 0.4) is 0 Å². The lowest BCUT2D eigenvalue weighted by Gasteiger charge is -2.36. The molecule has 4 atom stereocenters. The number of nitrogens with one attached hydrogen (secondary N) is 1. The van der Waals surface area contributed by atoms with Crippen molar-refractivity contribution in [1.82, 2.24) is 4.90 Å². The van der Waals surface area contributed by atoms with E-state index in [0.717, 1.165) is 11.3 Å². The maximum absolute atomic E-state index is 13.6. The molecule has 0 aromatic heterocycles. The van der Waals surface area contributed by atoms with E-state index in [2.05, 4.69) is 5.32 Å². The summed E-state index contributed by atoms with van der Waals surface area (Å²) < 4.78 is 5.08. The molecule has 2 fully saturated rings. The summed E-state index contributed by atoms with van der Waals surface area (Å²) >= 11 is 5.96. The lowest BCUT2D eigenvalue weighted by atomic mass is 9.88. The average Bonchev–Trinajstić information content (AvgIpc) is 3.27. The quantitative estimate of drug-likeness (QED) is 0.707. The number of halogens is 1. The van der Waals surface area contributed by atoms with E-state index in [-0.39, 0.29) is 36.9 Å². The van der Waals surface area contributed by atoms with Crippen molar-refractivity contribution in [2.24, 2.45) is 11.8 Å². The highest BCUT2D eigenvalue weighted by Gasteiger charge is 2.63. The molecule has 5 rings (SSSR count). The zero-order chi connectivity index (χ0) is 22.4. The zero-order valence-corrected chi connectivity index (χ0v) is 18.2. The molecule has 3 amide bonds. The van der Waals surface area contributed by atoms with Gasteiger partial charge in [-0.2, -0.15) is 0 Å². The fraction of sp³-hybridized carbons (Fsp3) is 0.292. The molecule has 164 valence electrons. The standard InChI is InChI=1S/C24H22ClN3O4/c1-32-13-12-27-23(30)19-18-11-6-14-4-2-3-5-17(14)28(18)21(20(19)24(27)31)22(29)26-16-9-7-15(25)8-10-16/h2-11,18-21H,12-13H2,1H3,(H,26,29)/t18-,19+,20-,21-/m1/s1. The lowest BCUT2D eigenvalue weighted by molar-refractivity contribution is -0.141. The number of methoxy groups -OCH3 is 1. The van der Waals surface area contributed by atoms with Crippen molar-refractivity contribution in [3.8, 4) is 0 Å². The fourth-order valence-electron chi connectivity index (χ4n) is 5.03. The van der Waals surface area contributed by atoms with E-state index in [0.29, 0.717) is 10.7 Å². The monoisotopic (exact) mass is 451 g/mol. The van der Waals surface area contributed by atoms with Gasteiger partial charge in [-0.1, -0.05) is 42.0 Å². The van der Waals surface area contributed by atoms with Crippen molar-refractivity contribution in [2.45, 2.75) is 12.1 Å². The second-order valence-corrected chi connectivity index (χ2v) is 8.57. The Bertz CT molecular complexity index is 1120. The van der Waals surface area contributed by atoms with Crippen molar-refractivity contribution >= 4 is 46.8 Å². The smallest absolute Gasteiger partial charge is 0.247 e. The summed E-state index contributed by atoms with van der Waals surface area (Å²) in [5, 5.41) is 3.47. The minimum absolute atomic E-state index is 0.180. The van der Waals surface area contributed by atoms with E-state index >= 15 is 0 Å². The summed E-state index contributed by atoms with van der Waals surface area (Å²) in [6.45, 7) is 0.436. The number of hydrogen-bond donors (Lipinski definition) is 1. The van der Waals surface area contributed by atoms with Crippen LogP contribution in [0.15, 0.2) is 54.6 Å². The van der Waals surface area contributed by atoms with E-state index in [1.165, 1.54) is 12.0 Å². The SMILES string of the molecule is COCCN1C(=O)[C@@H]2[C@@H](C1=O)[C@H](C(=O)Nc1ccc(Cl)cc1)N1c3ccccc3C=C[C@H]21. The van der Waals surface area contributed by atoms with Crippen LogP contribution in [0.5, 0.6) is 0 Å². The number of carbonyl (C=O) groups excluding carboxylic acids is 3. The van der Waals surface area contributed by atoms with Crippen LogP contribution in [0.1, 0.15) is 5.56 Å². The average molecular weight is 452 g/mol. The van der Waals surface area contributed by atoms with Crippen molar-refractivity contribution in [3.05, 3.63) is 65.2 Å². The number of benzene rings is 2. The molecule has 8 heteroatoms. The van der Waals surface area contributed by atoms with Gasteiger partial charge >= 0.3 is 0 Å². The molecule has 0 saturated carbocycles. The number of amides is 3. The third-order valence-corrected chi connectivity index (χ3v) is 6.66. The number of nitrogens with zero attached hydrogens (tertiary/aromatic N) is 2. The van der Waals surface area contributed by atoms with E-state index in [1.54, 1.807) is 24.3 Å². The topological polar surface area (TPSA) is 78.9 Å². The molecule has 0 unspecified atom stereocenters. The predicted octanol–water partition coefficient (Wildman–Crippen LogP) is 2.81. The Kier molecular flexibility index (Phi) is 5.23. The van der Waals surface area contributed by atoms with Crippen molar-refractivity contribution in [2.75, 3.05) is 30.5 Å². The van der Waals surface area contributed by atoms with Gasteiger partial charge in [-0.25, -0.2) is 0 Å². The second-order valence-electron chi connectivity index (χ2n) is 8.13. The van der Waals surface area contributed by atoms with Crippen LogP contribution < -0.4 is 10.2 Å². The molecule has 3 heterocycles. The zero-order valence-electron chi connectivity index (χ0n) is 17.4. The number of ether oxygens (including phenoxy) is 1. The number of fused-ring (bicyclic) bond motifs is 5. The summed E-state index contributed by atoms with van der Waals surface area (Å²) in [5.74, 6) is -2.30. The molecular formula is C24H22ClN3O4. The number of hydrogen-bond acceptors (Lipinski definition) is 5. The minimum atomic E-state index is -0.823. The maximum atomic E-state index is 13.6. The number of anilines is 2. The summed E-state index contributed by atoms with van der Waals surface area (Å²) in [6, 6.07) is 13.3. The number of carbonyl (C=O) groups is 3. The van der Waals surface area contributed by atoms with Crippen LogP contribution in [0.2, 0.25) is 5.02 Å². The van der Waals surface area contributed by atoms with Gasteiger partial charge in [0.1, 0.15) is 6.04 Å². The van der Waals surface area contributed by atoms with E-state index in [4.69, 9.17) is 16.3 Å². The second kappa shape index (κ2) is 8.07. The first-order valence-electron chi connectivity index (χ1n) is 10.5. The number of rotatable bonds is 5. The largest absolute Gasteiger partial charge is 0.383 e. The highest BCUT2D eigenvalue weighted by Crippen LogP contribution is 2.48. The van der Waals surface area contributed by atoms with Crippen LogP contribution in [-0.2, 0) is 19.1 Å². The summed E-state index contributed by atoms with van der Waals surface area (Å²) in [5.41, 5.74) is 2.37. The first-order valence-corrected chi connectivity index (χ1v) is 10.8. The number of para-hydroxylation sites is 1. The molecule has 7 nitrogen and oxygen atoms in total. The highest BCUT2D eigenvalue weighted by atomic mass is 35.5. The van der Waals surface area contributed by atoms with Crippen LogP contribution in [0.4, 0.5) is 11.4 Å². The van der Waals surface area contributed by atoms with Crippen molar-refractivity contribution < 1.29 is 19.1 Å². The normalized spacial score (nSPS) is 25.6. The van der Waals surface area contributed by atoms with Crippen LogP contribution in [0, 0.1) is 11.8 Å². The Labute approximate surface area is 190 Å². The number of likely N-dealkylation sites (tertiary alicyclic amines) is 1. The summed E-state index contributed by atoms with van der Waals surface area (Å²) in [4.78, 5) is 43.4. The number of imide groups is 1. The highest BCUT2D eigenvalue weighted by molar-refractivity contribution is 6.30. The molecule has 0 aliphatic carbocycles. The maximum Gasteiger partial charge on any atom is 0.247 e. The van der Waals surface area contributed by atoms with Crippen LogP contribution in [-0.4, -0.2) is 55.0 Å². The van der Waals surface area contributed by atoms with Gasteiger partial charge in [0, 0.05) is 23.5 Å². The van der Waals surface area contributed by atoms with Gasteiger partial charge in [-0.3, -0.25) is 19.3 Å². The van der Waals surface area contributed by atoms with Crippen LogP contribution in [0.25, 0.3) is 6.08 Å². The fourth-order valence-corrected chi connectivity index (χ4v) is 5.15. The van der Waals surface area contributed by atoms with Gasteiger partial charge in [-0.15, -0.1) is 0 Å². The van der Waals surface area contributed by atoms with Gasteiger partial charge in [0.2, 0.25) is 17.7 Å². The third kappa shape index (κ3) is 3.20. The molecule has 3 aliphatic heterocycles. The Hall–Kier alpha value is -3.16. The Morgan fingerprint density at radius 1 is 1.06 bits per heavy atom. The molecule has 2 saturated heterocycles. The summed E-state index contributed by atoms with van der Waals surface area (Å²) in [7, 11) is 1.52. The van der Waals surface area contributed by atoms with Crippen LogP contribution >= 0.6 is 11.6 Å². The van der Waals surface area contributed by atoms with Gasteiger partial charge in [0.05, 0.1) is 31.0 Å². The summed E-state index contributed by atoms with van der Waals surface area (Å²) in [6.07, 6.45) is 3.89. The predicted molar refractivity (Wildman–Crippen MR) is 121 cm³/mol. The molecule has 2 aromatic carbocycles. The van der Waals surface area contributed by atoms with Gasteiger partial charge < -0.3 is 15.0 Å². The van der Waals surface area contributed by atoms with Crippen molar-refractivity contribution in [1.29, 1.82) is 0 Å². The van der Waals surface area contributed by atoms with Gasteiger partial charge in [-0.05, 0) is 35.9 Å². The molecule has 0 spiro atoms. The van der Waals surface area contributed by atoms with Crippen molar-refractivity contribution in [3.63, 3.8) is 0 Å². The van der Waals surface area contributed by atoms with Gasteiger partial charge in [0.25, 0.3) is 0 Å². The molecule has 0 radical (unpaired) electrons. The minimum Gasteiger partial charge on any atom is -0.383 e. The molecule has 0 bridgehead atoms. The van der Waals surface area contributed by atoms with Gasteiger partial charge in [0.15, 0.2) is 0 Å². The van der Waals surface area contributed by atoms with E-state index in [1.807, 2.05) is 41.3 Å². The first kappa shape index (κ1) is 20.7. The Morgan fingerprint density at radius 2 is 1.78 bits per heavy atom. The molecule has 2 aromatic rings. The van der Waals surface area contributed by atoms with E-state index in [9.17, 15) is 14.4 Å². The Balaban J connectivity index is 1.55. The molecular weight excluding hydrogens is 430 g/mol. The molecule has 1 N–H and O–H groups in total. The Morgan fingerprint density at radius 3 is 2.53 bits per heavy atom. The lowest BCUT2D eigenvalue weighted by Crippen LogP contribution is -2.50. The van der Waals surface area contributed by atoms with E-state index < -0.39 is 17.9 Å². The molecule has 32 heavy (non-hydrogen) atoms. The first-order chi connectivity index (χ1) is 15.5. The third-order valence-electron chi connectivity index (χ3n) is 6.41.